The molecule has 0 fully saturated rings. The van der Waals surface area contributed by atoms with Gasteiger partial charge in [-0.15, -0.1) is 0 Å². The van der Waals surface area contributed by atoms with E-state index in [2.05, 4.69) is 15.0 Å². The lowest BCUT2D eigenvalue weighted by Gasteiger charge is -2.03. The second-order valence-corrected chi connectivity index (χ2v) is 3.13. The van der Waals surface area contributed by atoms with Gasteiger partial charge in [0.1, 0.15) is 11.9 Å². The lowest BCUT2D eigenvalue weighted by molar-refractivity contribution is 0.587. The van der Waals surface area contributed by atoms with Crippen LogP contribution in [0.2, 0.25) is 0 Å². The zero-order valence-electron chi connectivity index (χ0n) is 8.48. The predicted molar refractivity (Wildman–Crippen MR) is 54.7 cm³/mol. The number of rotatable bonds is 1. The molecule has 2 aromatic rings. The minimum atomic E-state index is -0.642. The smallest absolute Gasteiger partial charge is 0.222 e. The van der Waals surface area contributed by atoms with E-state index in [0.717, 1.165) is 0 Å². The zero-order chi connectivity index (χ0) is 11.5. The molecule has 16 heavy (non-hydrogen) atoms. The van der Waals surface area contributed by atoms with Crippen molar-refractivity contribution in [2.75, 3.05) is 0 Å². The number of aromatic nitrogens is 3. The van der Waals surface area contributed by atoms with Crippen molar-refractivity contribution >= 4 is 0 Å². The monoisotopic (exact) mass is 214 g/mol. The number of aryl methyl sites for hydroxylation is 1. The van der Waals surface area contributed by atoms with E-state index in [1.54, 1.807) is 13.0 Å². The predicted octanol–water partition coefficient (Wildman–Crippen LogP) is 1.86. The lowest BCUT2D eigenvalue weighted by Crippen LogP contribution is -1.97. The van der Waals surface area contributed by atoms with Crippen molar-refractivity contribution in [3.8, 4) is 17.3 Å². The third-order valence-corrected chi connectivity index (χ3v) is 2.04. The Morgan fingerprint density at radius 3 is 2.88 bits per heavy atom. The molecule has 0 spiro atoms. The van der Waals surface area contributed by atoms with Gasteiger partial charge in [-0.3, -0.25) is 0 Å². The highest BCUT2D eigenvalue weighted by atomic mass is 19.1. The Balaban J connectivity index is 2.69. The van der Waals surface area contributed by atoms with Crippen molar-refractivity contribution in [2.45, 2.75) is 6.92 Å². The van der Waals surface area contributed by atoms with Crippen molar-refractivity contribution < 1.29 is 4.39 Å². The van der Waals surface area contributed by atoms with Crippen LogP contribution in [0, 0.1) is 24.2 Å². The minimum absolute atomic E-state index is 0.213. The van der Waals surface area contributed by atoms with Crippen LogP contribution in [0.3, 0.4) is 0 Å². The maximum atomic E-state index is 13.4. The molecule has 2 heterocycles. The van der Waals surface area contributed by atoms with Crippen molar-refractivity contribution in [1.29, 1.82) is 5.26 Å². The molecule has 0 bridgehead atoms. The maximum Gasteiger partial charge on any atom is 0.222 e. The zero-order valence-corrected chi connectivity index (χ0v) is 8.48. The summed E-state index contributed by atoms with van der Waals surface area (Å²) in [5, 5.41) is 8.89. The van der Waals surface area contributed by atoms with Crippen molar-refractivity contribution in [3.05, 3.63) is 41.9 Å². The van der Waals surface area contributed by atoms with Crippen molar-refractivity contribution in [1.82, 2.24) is 15.0 Å². The molecule has 5 heteroatoms. The molecule has 0 saturated heterocycles. The Bertz CT molecular complexity index is 574. The van der Waals surface area contributed by atoms with Gasteiger partial charge in [-0.2, -0.15) is 9.65 Å². The Labute approximate surface area is 91.4 Å². The fourth-order valence-corrected chi connectivity index (χ4v) is 1.32. The molecule has 0 unspecified atom stereocenters. The number of pyridine rings is 1. The quantitative estimate of drug-likeness (QED) is 0.679. The number of nitriles is 1. The maximum absolute atomic E-state index is 13.4. The topological polar surface area (TPSA) is 62.5 Å². The normalized spacial score (nSPS) is 9.81. The van der Waals surface area contributed by atoms with Crippen LogP contribution < -0.4 is 0 Å². The number of nitrogens with zero attached hydrogens (tertiary/aromatic N) is 4. The Kier molecular flexibility index (Phi) is 2.56. The molecule has 0 saturated carbocycles. The molecule has 0 aromatic carbocycles. The van der Waals surface area contributed by atoms with Gasteiger partial charge in [0.25, 0.3) is 0 Å². The van der Waals surface area contributed by atoms with E-state index in [-0.39, 0.29) is 16.8 Å². The van der Waals surface area contributed by atoms with E-state index in [9.17, 15) is 4.39 Å². The van der Waals surface area contributed by atoms with Gasteiger partial charge in [0.2, 0.25) is 5.95 Å². The summed E-state index contributed by atoms with van der Waals surface area (Å²) >= 11 is 0. The summed E-state index contributed by atoms with van der Waals surface area (Å²) in [5.41, 5.74) is 0.725. The highest BCUT2D eigenvalue weighted by Gasteiger charge is 2.12. The molecule has 2 rings (SSSR count). The van der Waals surface area contributed by atoms with E-state index in [4.69, 9.17) is 5.26 Å². The second kappa shape index (κ2) is 4.03. The van der Waals surface area contributed by atoms with E-state index in [0.29, 0.717) is 5.82 Å². The average molecular weight is 214 g/mol. The summed E-state index contributed by atoms with van der Waals surface area (Å²) in [5.74, 6) is -0.158. The molecular weight excluding hydrogens is 207 g/mol. The molecule has 0 atom stereocenters. The Hall–Kier alpha value is -2.35. The molecule has 0 amide bonds. The summed E-state index contributed by atoms with van der Waals surface area (Å²) < 4.78 is 13.4. The molecular formula is C11H7FN4. The number of halogens is 1. The van der Waals surface area contributed by atoms with Crippen molar-refractivity contribution in [3.63, 3.8) is 0 Å². The van der Waals surface area contributed by atoms with Crippen LogP contribution in [0.5, 0.6) is 0 Å². The van der Waals surface area contributed by atoms with Gasteiger partial charge >= 0.3 is 0 Å². The Morgan fingerprint density at radius 2 is 2.19 bits per heavy atom. The van der Waals surface area contributed by atoms with Gasteiger partial charge in [-0.1, -0.05) is 0 Å². The van der Waals surface area contributed by atoms with Crippen LogP contribution in [0.15, 0.2) is 24.5 Å². The number of hydrogen-bond donors (Lipinski definition) is 0. The van der Waals surface area contributed by atoms with E-state index in [1.165, 1.54) is 18.5 Å². The molecule has 0 aliphatic rings. The van der Waals surface area contributed by atoms with Crippen LogP contribution in [0.25, 0.3) is 11.3 Å². The van der Waals surface area contributed by atoms with Gasteiger partial charge in [-0.25, -0.2) is 15.0 Å². The summed E-state index contributed by atoms with van der Waals surface area (Å²) in [6, 6.07) is 5.06. The molecule has 0 N–H and O–H groups in total. The first kappa shape index (κ1) is 10.2. The van der Waals surface area contributed by atoms with Crippen LogP contribution >= 0.6 is 0 Å². The van der Waals surface area contributed by atoms with Gasteiger partial charge in [0.05, 0.1) is 16.8 Å². The minimum Gasteiger partial charge on any atom is -0.240 e. The third kappa shape index (κ3) is 1.73. The summed E-state index contributed by atoms with van der Waals surface area (Å²) in [7, 11) is 0. The number of hydrogen-bond acceptors (Lipinski definition) is 4. The van der Waals surface area contributed by atoms with Crippen LogP contribution in [-0.4, -0.2) is 15.0 Å². The van der Waals surface area contributed by atoms with E-state index in [1.807, 2.05) is 6.07 Å². The second-order valence-electron chi connectivity index (χ2n) is 3.13. The molecule has 0 aliphatic heterocycles. The average Bonchev–Trinajstić information content (AvgIpc) is 2.29. The summed E-state index contributed by atoms with van der Waals surface area (Å²) in [6.45, 7) is 1.68. The molecule has 4 nitrogen and oxygen atoms in total. The highest BCUT2D eigenvalue weighted by molar-refractivity contribution is 5.65. The fraction of sp³-hybridized carbons (Fsp3) is 0.0909. The van der Waals surface area contributed by atoms with Crippen LogP contribution in [0.4, 0.5) is 4.39 Å². The van der Waals surface area contributed by atoms with Crippen LogP contribution in [-0.2, 0) is 0 Å². The SMILES string of the molecule is Cc1ncc(C#N)c(-c2cccnc2F)n1. The lowest BCUT2D eigenvalue weighted by atomic mass is 10.1. The first-order valence-corrected chi connectivity index (χ1v) is 4.57. The first-order valence-electron chi connectivity index (χ1n) is 4.57. The van der Waals surface area contributed by atoms with Crippen molar-refractivity contribution in [2.24, 2.45) is 0 Å². The molecule has 0 radical (unpaired) electrons. The Morgan fingerprint density at radius 1 is 1.38 bits per heavy atom. The molecule has 78 valence electrons. The third-order valence-electron chi connectivity index (χ3n) is 2.04. The van der Waals surface area contributed by atoms with E-state index < -0.39 is 5.95 Å². The standard InChI is InChI=1S/C11H7FN4/c1-7-15-6-8(5-13)10(16-7)9-3-2-4-14-11(9)12/h2-4,6H,1H3. The van der Waals surface area contributed by atoms with Gasteiger partial charge in [0, 0.05) is 12.4 Å². The van der Waals surface area contributed by atoms with Crippen LogP contribution in [0.1, 0.15) is 11.4 Å². The summed E-state index contributed by atoms with van der Waals surface area (Å²) in [4.78, 5) is 11.5. The highest BCUT2D eigenvalue weighted by Crippen LogP contribution is 2.22. The van der Waals surface area contributed by atoms with Gasteiger partial charge in [-0.05, 0) is 19.1 Å². The fourth-order valence-electron chi connectivity index (χ4n) is 1.32. The molecule has 0 aliphatic carbocycles. The summed E-state index contributed by atoms with van der Waals surface area (Å²) in [6.07, 6.45) is 2.73. The largest absolute Gasteiger partial charge is 0.240 e. The molecule has 2 aromatic heterocycles. The van der Waals surface area contributed by atoms with Gasteiger partial charge < -0.3 is 0 Å². The van der Waals surface area contributed by atoms with E-state index >= 15 is 0 Å². The van der Waals surface area contributed by atoms with Gasteiger partial charge in [0.15, 0.2) is 0 Å². The first-order chi connectivity index (χ1) is 7.72.